The first-order chi connectivity index (χ1) is 6.81. The summed E-state index contributed by atoms with van der Waals surface area (Å²) in [5.41, 5.74) is 2.26. The third-order valence-corrected chi connectivity index (χ3v) is 3.50. The largest absolute Gasteiger partial charge is 0.464 e. The summed E-state index contributed by atoms with van der Waals surface area (Å²) < 4.78 is 6.55. The third-order valence-electron chi connectivity index (χ3n) is 2.08. The Morgan fingerprint density at radius 3 is 3.07 bits per heavy atom. The molecule has 1 nitrogen and oxygen atoms in total. The molecule has 0 saturated carbocycles. The Bertz CT molecular complexity index is 436. The van der Waals surface area contributed by atoms with Gasteiger partial charge in [-0.25, -0.2) is 0 Å². The number of rotatable bonds is 3. The first kappa shape index (κ1) is 10.1. The Morgan fingerprint density at radius 2 is 2.29 bits per heavy atom. The summed E-state index contributed by atoms with van der Waals surface area (Å²) in [6.45, 7) is 2.17. The fraction of sp³-hybridized carbons (Fsp3) is 0.273. The molecular formula is C11H11BrOS. The molecule has 1 aromatic carbocycles. The van der Waals surface area contributed by atoms with E-state index in [1.807, 2.05) is 24.1 Å². The second kappa shape index (κ2) is 4.41. The van der Waals surface area contributed by atoms with Crippen LogP contribution in [0, 0.1) is 0 Å². The molecule has 0 aliphatic rings. The highest BCUT2D eigenvalue weighted by Gasteiger charge is 2.05. The number of halogens is 1. The predicted octanol–water partition coefficient (Wildman–Crippen LogP) is 4.45. The van der Waals surface area contributed by atoms with Crippen molar-refractivity contribution in [3.05, 3.63) is 34.5 Å². The summed E-state index contributed by atoms with van der Waals surface area (Å²) in [6, 6.07) is 6.17. The van der Waals surface area contributed by atoms with E-state index in [-0.39, 0.29) is 0 Å². The zero-order valence-electron chi connectivity index (χ0n) is 7.92. The van der Waals surface area contributed by atoms with Crippen molar-refractivity contribution in [2.24, 2.45) is 0 Å². The van der Waals surface area contributed by atoms with Crippen LogP contribution in [0.3, 0.4) is 0 Å². The lowest BCUT2D eigenvalue weighted by Crippen LogP contribution is -1.77. The third kappa shape index (κ3) is 1.98. The van der Waals surface area contributed by atoms with Crippen LogP contribution in [0.15, 0.2) is 33.4 Å². The van der Waals surface area contributed by atoms with Crippen LogP contribution in [0.2, 0.25) is 0 Å². The lowest BCUT2D eigenvalue weighted by atomic mass is 10.2. The van der Waals surface area contributed by atoms with E-state index in [0.29, 0.717) is 0 Å². The van der Waals surface area contributed by atoms with Crippen molar-refractivity contribution in [3.8, 4) is 0 Å². The molecular weight excluding hydrogens is 260 g/mol. The average molecular weight is 271 g/mol. The van der Waals surface area contributed by atoms with Gasteiger partial charge in [-0.1, -0.05) is 22.9 Å². The molecule has 0 radical (unpaired) electrons. The molecule has 0 aliphatic heterocycles. The summed E-state index contributed by atoms with van der Waals surface area (Å²) in [4.78, 5) is 0. The van der Waals surface area contributed by atoms with Crippen molar-refractivity contribution in [1.82, 2.24) is 0 Å². The van der Waals surface area contributed by atoms with Gasteiger partial charge in [-0.3, -0.25) is 0 Å². The highest BCUT2D eigenvalue weighted by Crippen LogP contribution is 2.27. The number of hydrogen-bond acceptors (Lipinski definition) is 2. The summed E-state index contributed by atoms with van der Waals surface area (Å²) >= 11 is 5.34. The van der Waals surface area contributed by atoms with Gasteiger partial charge in [0.05, 0.1) is 6.26 Å². The fourth-order valence-corrected chi connectivity index (χ4v) is 2.37. The van der Waals surface area contributed by atoms with Crippen LogP contribution in [-0.2, 0) is 5.75 Å². The Morgan fingerprint density at radius 1 is 1.43 bits per heavy atom. The second-order valence-electron chi connectivity index (χ2n) is 3.04. The summed E-state index contributed by atoms with van der Waals surface area (Å²) in [5.74, 6) is 2.17. The van der Waals surface area contributed by atoms with Crippen LogP contribution in [0.4, 0.5) is 0 Å². The molecule has 0 bridgehead atoms. The van der Waals surface area contributed by atoms with Crippen LogP contribution >= 0.6 is 27.7 Å². The van der Waals surface area contributed by atoms with Gasteiger partial charge >= 0.3 is 0 Å². The normalized spacial score (nSPS) is 11.0. The molecule has 74 valence electrons. The maximum atomic E-state index is 5.48. The fourth-order valence-electron chi connectivity index (χ4n) is 1.38. The lowest BCUT2D eigenvalue weighted by Gasteiger charge is -1.95. The SMILES string of the molecule is CCSCc1coc2cc(Br)ccc12. The molecule has 3 heteroatoms. The van der Waals surface area contributed by atoms with Gasteiger partial charge in [-0.2, -0.15) is 11.8 Å². The van der Waals surface area contributed by atoms with Gasteiger partial charge in [0.1, 0.15) is 5.58 Å². The van der Waals surface area contributed by atoms with Crippen molar-refractivity contribution >= 4 is 38.7 Å². The molecule has 0 saturated heterocycles. The van der Waals surface area contributed by atoms with E-state index in [0.717, 1.165) is 21.6 Å². The van der Waals surface area contributed by atoms with Crippen LogP contribution in [0.5, 0.6) is 0 Å². The molecule has 0 amide bonds. The molecule has 1 heterocycles. The van der Waals surface area contributed by atoms with Crippen LogP contribution < -0.4 is 0 Å². The number of furan rings is 1. The van der Waals surface area contributed by atoms with E-state index < -0.39 is 0 Å². The van der Waals surface area contributed by atoms with Crippen LogP contribution in [-0.4, -0.2) is 5.75 Å². The van der Waals surface area contributed by atoms with Crippen molar-refractivity contribution in [2.75, 3.05) is 5.75 Å². The van der Waals surface area contributed by atoms with Crippen molar-refractivity contribution in [3.63, 3.8) is 0 Å². The van der Waals surface area contributed by atoms with Gasteiger partial charge in [-0.15, -0.1) is 0 Å². The predicted molar refractivity (Wildman–Crippen MR) is 65.8 cm³/mol. The topological polar surface area (TPSA) is 13.1 Å². The first-order valence-corrected chi connectivity index (χ1v) is 6.49. The van der Waals surface area contributed by atoms with Crippen molar-refractivity contribution in [1.29, 1.82) is 0 Å². The molecule has 2 rings (SSSR count). The van der Waals surface area contributed by atoms with Crippen LogP contribution in [0.1, 0.15) is 12.5 Å². The zero-order valence-corrected chi connectivity index (χ0v) is 10.3. The summed E-state index contributed by atoms with van der Waals surface area (Å²) in [5, 5.41) is 1.23. The Labute approximate surface area is 96.0 Å². The van der Waals surface area contributed by atoms with E-state index in [9.17, 15) is 0 Å². The second-order valence-corrected chi connectivity index (χ2v) is 5.23. The molecule has 1 aromatic heterocycles. The number of thioether (sulfide) groups is 1. The molecule has 14 heavy (non-hydrogen) atoms. The quantitative estimate of drug-likeness (QED) is 0.818. The van der Waals surface area contributed by atoms with Crippen molar-refractivity contribution in [2.45, 2.75) is 12.7 Å². The summed E-state index contributed by atoms with van der Waals surface area (Å²) in [6.07, 6.45) is 1.86. The maximum absolute atomic E-state index is 5.48. The molecule has 0 spiro atoms. The van der Waals surface area contributed by atoms with E-state index in [2.05, 4.69) is 35.0 Å². The molecule has 2 aromatic rings. The Kier molecular flexibility index (Phi) is 3.19. The van der Waals surface area contributed by atoms with Gasteiger partial charge < -0.3 is 4.42 Å². The smallest absolute Gasteiger partial charge is 0.135 e. The average Bonchev–Trinajstić information content (AvgIpc) is 2.57. The minimum Gasteiger partial charge on any atom is -0.464 e. The van der Waals surface area contributed by atoms with E-state index in [1.165, 1.54) is 10.9 Å². The standard InChI is InChI=1S/C11H11BrOS/c1-2-14-7-8-6-13-11-5-9(12)3-4-10(8)11/h3-6H,2,7H2,1H3. The minimum atomic E-state index is 0.964. The van der Waals surface area contributed by atoms with Crippen LogP contribution in [0.25, 0.3) is 11.0 Å². The number of fused-ring (bicyclic) bond motifs is 1. The minimum absolute atomic E-state index is 0.964. The summed E-state index contributed by atoms with van der Waals surface area (Å²) in [7, 11) is 0. The molecule has 0 aliphatic carbocycles. The molecule has 0 atom stereocenters. The maximum Gasteiger partial charge on any atom is 0.135 e. The van der Waals surface area contributed by atoms with Gasteiger partial charge in [-0.05, 0) is 24.0 Å². The highest BCUT2D eigenvalue weighted by atomic mass is 79.9. The van der Waals surface area contributed by atoms with Gasteiger partial charge in [0.15, 0.2) is 0 Å². The van der Waals surface area contributed by atoms with E-state index >= 15 is 0 Å². The molecule has 0 unspecified atom stereocenters. The van der Waals surface area contributed by atoms with Gasteiger partial charge in [0.25, 0.3) is 0 Å². The first-order valence-electron chi connectivity index (χ1n) is 4.54. The Hall–Kier alpha value is -0.410. The number of hydrogen-bond donors (Lipinski definition) is 0. The van der Waals surface area contributed by atoms with E-state index in [1.54, 1.807) is 0 Å². The Balaban J connectivity index is 2.37. The number of benzene rings is 1. The highest BCUT2D eigenvalue weighted by molar-refractivity contribution is 9.10. The zero-order chi connectivity index (χ0) is 9.97. The molecule has 0 N–H and O–H groups in total. The molecule has 0 fully saturated rings. The monoisotopic (exact) mass is 270 g/mol. The van der Waals surface area contributed by atoms with Gasteiger partial charge in [0.2, 0.25) is 0 Å². The lowest BCUT2D eigenvalue weighted by molar-refractivity contribution is 0.612. The van der Waals surface area contributed by atoms with Crippen molar-refractivity contribution < 1.29 is 4.42 Å². The van der Waals surface area contributed by atoms with Gasteiger partial charge in [0, 0.05) is 21.2 Å². The van der Waals surface area contributed by atoms with E-state index in [4.69, 9.17) is 4.42 Å².